The van der Waals surface area contributed by atoms with Gasteiger partial charge >= 0.3 is 0 Å². The average molecular weight is 388 g/mol. The molecule has 6 heteroatoms. The summed E-state index contributed by atoms with van der Waals surface area (Å²) < 4.78 is 1.18. The van der Waals surface area contributed by atoms with Crippen LogP contribution in [0, 0.1) is 5.41 Å². The first-order chi connectivity index (χ1) is 10.5. The van der Waals surface area contributed by atoms with Gasteiger partial charge in [-0.15, -0.1) is 11.3 Å². The molecule has 0 radical (unpaired) electrons. The molecule has 1 aliphatic heterocycles. The van der Waals surface area contributed by atoms with Crippen molar-refractivity contribution in [1.29, 1.82) is 0 Å². The summed E-state index contributed by atoms with van der Waals surface area (Å²) in [4.78, 5) is 18.6. The number of carbonyl (C=O) groups is 1. The maximum absolute atomic E-state index is 12.8. The number of halogens is 1. The van der Waals surface area contributed by atoms with E-state index >= 15 is 0 Å². The van der Waals surface area contributed by atoms with Crippen LogP contribution >= 0.6 is 27.3 Å². The molecule has 0 atom stereocenters. The summed E-state index contributed by atoms with van der Waals surface area (Å²) in [5.41, 5.74) is 5.55. The van der Waals surface area contributed by atoms with Crippen LogP contribution in [-0.2, 0) is 11.3 Å². The van der Waals surface area contributed by atoms with Crippen molar-refractivity contribution in [3.63, 3.8) is 0 Å². The standard InChI is InChI=1S/C16H26BrN3OS/c1-3-16(4-2,12-18)15(21)20-9-7-19(8-10-20)11-13-5-6-14(17)22-13/h5-6H,3-4,7-12,18H2,1-2H3. The Labute approximate surface area is 145 Å². The van der Waals surface area contributed by atoms with E-state index in [9.17, 15) is 4.79 Å². The Hall–Kier alpha value is -0.430. The van der Waals surface area contributed by atoms with Crippen molar-refractivity contribution in [1.82, 2.24) is 9.80 Å². The minimum Gasteiger partial charge on any atom is -0.340 e. The summed E-state index contributed by atoms with van der Waals surface area (Å²) >= 11 is 5.29. The first kappa shape index (κ1) is 17.9. The number of piperazine rings is 1. The Bertz CT molecular complexity index is 485. The molecule has 2 N–H and O–H groups in total. The highest BCUT2D eigenvalue weighted by atomic mass is 79.9. The Morgan fingerprint density at radius 1 is 1.27 bits per heavy atom. The summed E-state index contributed by atoms with van der Waals surface area (Å²) in [6.45, 7) is 9.06. The monoisotopic (exact) mass is 387 g/mol. The first-order valence-corrected chi connectivity index (χ1v) is 9.61. The largest absolute Gasteiger partial charge is 0.340 e. The molecule has 124 valence electrons. The van der Waals surface area contributed by atoms with E-state index in [1.54, 1.807) is 11.3 Å². The van der Waals surface area contributed by atoms with Crippen LogP contribution in [0.3, 0.4) is 0 Å². The minimum absolute atomic E-state index is 0.249. The molecular formula is C16H26BrN3OS. The van der Waals surface area contributed by atoms with Gasteiger partial charge in [0.2, 0.25) is 5.91 Å². The van der Waals surface area contributed by atoms with Gasteiger partial charge in [-0.05, 0) is 40.9 Å². The van der Waals surface area contributed by atoms with E-state index in [-0.39, 0.29) is 11.3 Å². The SMILES string of the molecule is CCC(CC)(CN)C(=O)N1CCN(Cc2ccc(Br)s2)CC1. The molecule has 2 heterocycles. The fraction of sp³-hybridized carbons (Fsp3) is 0.688. The average Bonchev–Trinajstić information content (AvgIpc) is 2.95. The van der Waals surface area contributed by atoms with Crippen molar-refractivity contribution in [2.75, 3.05) is 32.7 Å². The third kappa shape index (κ3) is 3.91. The van der Waals surface area contributed by atoms with Crippen molar-refractivity contribution >= 4 is 33.2 Å². The zero-order chi connectivity index (χ0) is 16.2. The van der Waals surface area contributed by atoms with Crippen molar-refractivity contribution in [2.45, 2.75) is 33.2 Å². The molecule has 0 spiro atoms. The Morgan fingerprint density at radius 3 is 2.36 bits per heavy atom. The normalized spacial score (nSPS) is 17.0. The van der Waals surface area contributed by atoms with E-state index in [1.807, 2.05) is 4.90 Å². The molecule has 2 rings (SSSR count). The third-order valence-electron chi connectivity index (χ3n) is 4.87. The molecule has 1 aromatic rings. The maximum Gasteiger partial charge on any atom is 0.230 e. The lowest BCUT2D eigenvalue weighted by atomic mass is 9.81. The molecule has 1 aliphatic rings. The fourth-order valence-electron chi connectivity index (χ4n) is 3.03. The third-order valence-corrected chi connectivity index (χ3v) is 6.47. The van der Waals surface area contributed by atoms with Crippen molar-refractivity contribution < 1.29 is 4.79 Å². The highest BCUT2D eigenvalue weighted by Gasteiger charge is 2.37. The maximum atomic E-state index is 12.8. The van der Waals surface area contributed by atoms with E-state index in [0.717, 1.165) is 45.6 Å². The predicted octanol–water partition coefficient (Wildman–Crippen LogP) is 2.92. The summed E-state index contributed by atoms with van der Waals surface area (Å²) in [6.07, 6.45) is 1.64. The molecule has 1 saturated heterocycles. The first-order valence-electron chi connectivity index (χ1n) is 8.00. The van der Waals surface area contributed by atoms with Crippen LogP contribution in [0.25, 0.3) is 0 Å². The Kier molecular flexibility index (Phi) is 6.44. The van der Waals surface area contributed by atoms with Crippen LogP contribution in [0.4, 0.5) is 0 Å². The second-order valence-electron chi connectivity index (χ2n) is 5.97. The van der Waals surface area contributed by atoms with Crippen molar-refractivity contribution in [3.8, 4) is 0 Å². The van der Waals surface area contributed by atoms with Gasteiger partial charge in [-0.1, -0.05) is 13.8 Å². The summed E-state index contributed by atoms with van der Waals surface area (Å²) in [7, 11) is 0. The molecule has 1 aromatic heterocycles. The smallest absolute Gasteiger partial charge is 0.230 e. The molecular weight excluding hydrogens is 362 g/mol. The van der Waals surface area contributed by atoms with Crippen LogP contribution in [-0.4, -0.2) is 48.4 Å². The zero-order valence-corrected chi connectivity index (χ0v) is 15.9. The number of nitrogens with two attached hydrogens (primary N) is 1. The van der Waals surface area contributed by atoms with Gasteiger partial charge < -0.3 is 10.6 Å². The number of amides is 1. The van der Waals surface area contributed by atoms with Gasteiger partial charge in [-0.25, -0.2) is 0 Å². The van der Waals surface area contributed by atoms with Crippen LogP contribution < -0.4 is 5.73 Å². The van der Waals surface area contributed by atoms with Crippen LogP contribution in [0.2, 0.25) is 0 Å². The molecule has 0 unspecified atom stereocenters. The summed E-state index contributed by atoms with van der Waals surface area (Å²) in [6, 6.07) is 4.26. The lowest BCUT2D eigenvalue weighted by molar-refractivity contribution is -0.144. The van der Waals surface area contributed by atoms with Crippen LogP contribution in [0.1, 0.15) is 31.6 Å². The molecule has 0 aliphatic carbocycles. The number of nitrogens with zero attached hydrogens (tertiary/aromatic N) is 2. The van der Waals surface area contributed by atoms with Crippen molar-refractivity contribution in [2.24, 2.45) is 11.1 Å². The summed E-state index contributed by atoms with van der Waals surface area (Å²) in [5.74, 6) is 0.249. The molecule has 1 amide bonds. The van der Waals surface area contributed by atoms with Crippen LogP contribution in [0.5, 0.6) is 0 Å². The second-order valence-corrected chi connectivity index (χ2v) is 8.51. The summed E-state index contributed by atoms with van der Waals surface area (Å²) in [5, 5.41) is 0. The number of hydrogen-bond donors (Lipinski definition) is 1. The van der Waals surface area contributed by atoms with Crippen LogP contribution in [0.15, 0.2) is 15.9 Å². The fourth-order valence-corrected chi connectivity index (χ4v) is 4.56. The van der Waals surface area contributed by atoms with Gasteiger partial charge in [-0.2, -0.15) is 0 Å². The molecule has 0 bridgehead atoms. The number of thiophene rings is 1. The molecule has 22 heavy (non-hydrogen) atoms. The zero-order valence-electron chi connectivity index (χ0n) is 13.5. The van der Waals surface area contributed by atoms with E-state index in [1.165, 1.54) is 8.66 Å². The Balaban J connectivity index is 1.90. The Morgan fingerprint density at radius 2 is 1.91 bits per heavy atom. The van der Waals surface area contributed by atoms with E-state index in [2.05, 4.69) is 46.8 Å². The van der Waals surface area contributed by atoms with Gasteiger partial charge in [0, 0.05) is 44.1 Å². The van der Waals surface area contributed by atoms with Gasteiger partial charge in [0.1, 0.15) is 0 Å². The lowest BCUT2D eigenvalue weighted by Crippen LogP contribution is -2.54. The number of rotatable bonds is 6. The topological polar surface area (TPSA) is 49.6 Å². The van der Waals surface area contributed by atoms with Gasteiger partial charge in [0.05, 0.1) is 9.20 Å². The van der Waals surface area contributed by atoms with Gasteiger partial charge in [0.15, 0.2) is 0 Å². The molecule has 0 aromatic carbocycles. The lowest BCUT2D eigenvalue weighted by Gasteiger charge is -2.40. The number of hydrogen-bond acceptors (Lipinski definition) is 4. The van der Waals surface area contributed by atoms with E-state index in [0.29, 0.717) is 6.54 Å². The molecule has 0 saturated carbocycles. The highest BCUT2D eigenvalue weighted by Crippen LogP contribution is 2.29. The minimum atomic E-state index is -0.360. The van der Waals surface area contributed by atoms with Gasteiger partial charge in [0.25, 0.3) is 0 Å². The quantitative estimate of drug-likeness (QED) is 0.815. The van der Waals surface area contributed by atoms with E-state index in [4.69, 9.17) is 5.73 Å². The number of carbonyl (C=O) groups excluding carboxylic acids is 1. The second kappa shape index (κ2) is 7.90. The van der Waals surface area contributed by atoms with Gasteiger partial charge in [-0.3, -0.25) is 9.69 Å². The molecule has 4 nitrogen and oxygen atoms in total. The van der Waals surface area contributed by atoms with E-state index < -0.39 is 0 Å². The predicted molar refractivity (Wildman–Crippen MR) is 95.9 cm³/mol. The molecule has 1 fully saturated rings. The highest BCUT2D eigenvalue weighted by molar-refractivity contribution is 9.11. The van der Waals surface area contributed by atoms with Crippen molar-refractivity contribution in [3.05, 3.63) is 20.8 Å².